The molecule has 0 amide bonds. The maximum absolute atomic E-state index is 13.9. The molecular formula is C35H36O6. The van der Waals surface area contributed by atoms with Gasteiger partial charge in [0.05, 0.1) is 32.5 Å². The Morgan fingerprint density at radius 3 is 1.39 bits per heavy atom. The zero-order valence-electron chi connectivity index (χ0n) is 23.2. The molecule has 0 heterocycles. The van der Waals surface area contributed by atoms with Gasteiger partial charge in [0.15, 0.2) is 11.4 Å². The lowest BCUT2D eigenvalue weighted by atomic mass is 9.75. The van der Waals surface area contributed by atoms with Gasteiger partial charge in [0, 0.05) is 6.42 Å². The van der Waals surface area contributed by atoms with Crippen molar-refractivity contribution in [1.29, 1.82) is 0 Å². The van der Waals surface area contributed by atoms with Crippen molar-refractivity contribution in [2.75, 3.05) is 0 Å². The van der Waals surface area contributed by atoms with Gasteiger partial charge in [-0.3, -0.25) is 4.79 Å². The van der Waals surface area contributed by atoms with E-state index in [-0.39, 0.29) is 38.6 Å². The average Bonchev–Trinajstić information content (AvgIpc) is 3.02. The smallest absolute Gasteiger partial charge is 0.235 e. The number of ketones is 1. The molecular weight excluding hydrogens is 516 g/mol. The molecule has 4 aromatic carbocycles. The highest BCUT2D eigenvalue weighted by molar-refractivity contribution is 5.90. The highest BCUT2D eigenvalue weighted by Gasteiger charge is 2.67. The van der Waals surface area contributed by atoms with E-state index in [1.54, 1.807) is 6.92 Å². The largest absolute Gasteiger partial charge is 0.390 e. The summed E-state index contributed by atoms with van der Waals surface area (Å²) in [6, 6.07) is 38.6. The van der Waals surface area contributed by atoms with Gasteiger partial charge in [-0.2, -0.15) is 0 Å². The number of rotatable bonds is 12. The molecule has 0 aliphatic heterocycles. The van der Waals surface area contributed by atoms with E-state index < -0.39 is 23.6 Å². The first-order valence-corrected chi connectivity index (χ1v) is 13.9. The normalized spacial score (nSPS) is 22.0. The van der Waals surface area contributed by atoms with Crippen molar-refractivity contribution in [3.63, 3.8) is 0 Å². The number of carbonyl (C=O) groups excluding carboxylic acids is 1. The summed E-state index contributed by atoms with van der Waals surface area (Å²) in [5, 5.41) is 11.4. The zero-order valence-corrected chi connectivity index (χ0v) is 23.2. The van der Waals surface area contributed by atoms with Crippen LogP contribution in [0.15, 0.2) is 121 Å². The second-order valence-electron chi connectivity index (χ2n) is 10.4. The van der Waals surface area contributed by atoms with E-state index in [9.17, 15) is 9.90 Å². The molecule has 1 aliphatic carbocycles. The van der Waals surface area contributed by atoms with Crippen LogP contribution in [0.25, 0.3) is 0 Å². The summed E-state index contributed by atoms with van der Waals surface area (Å²) in [6.45, 7) is 2.27. The summed E-state index contributed by atoms with van der Waals surface area (Å²) in [6.07, 6.45) is -2.37. The SMILES string of the molecule is C[C@]1(OCc2ccccc2)C(=O)C[C@H](O)[C@H](OCc2ccccc2)C1(OCc1ccccc1)OCc1ccccc1. The molecule has 0 unspecified atom stereocenters. The van der Waals surface area contributed by atoms with Crippen LogP contribution in [0.4, 0.5) is 0 Å². The highest BCUT2D eigenvalue weighted by atomic mass is 16.7. The van der Waals surface area contributed by atoms with Crippen molar-refractivity contribution < 1.29 is 28.8 Å². The van der Waals surface area contributed by atoms with Crippen molar-refractivity contribution in [3.05, 3.63) is 144 Å². The minimum Gasteiger partial charge on any atom is -0.390 e. The Hall–Kier alpha value is -3.65. The number of aliphatic hydroxyl groups excluding tert-OH is 1. The molecule has 41 heavy (non-hydrogen) atoms. The molecule has 0 saturated heterocycles. The number of Topliss-reactive ketones (excluding diaryl/α,β-unsaturated/α-hetero) is 1. The predicted octanol–water partition coefficient (Wildman–Crippen LogP) is 6.01. The third-order valence-corrected chi connectivity index (χ3v) is 7.55. The van der Waals surface area contributed by atoms with Crippen molar-refractivity contribution >= 4 is 5.78 Å². The molecule has 5 rings (SSSR count). The summed E-state index contributed by atoms with van der Waals surface area (Å²) in [5.74, 6) is -2.10. The van der Waals surface area contributed by atoms with Crippen molar-refractivity contribution in [3.8, 4) is 0 Å². The molecule has 3 atom stereocenters. The molecule has 0 aromatic heterocycles. The maximum Gasteiger partial charge on any atom is 0.235 e. The van der Waals surface area contributed by atoms with E-state index in [1.165, 1.54) is 0 Å². The average molecular weight is 553 g/mol. The predicted molar refractivity (Wildman–Crippen MR) is 155 cm³/mol. The molecule has 1 saturated carbocycles. The Bertz CT molecular complexity index is 1320. The van der Waals surface area contributed by atoms with Gasteiger partial charge in [-0.05, 0) is 29.2 Å². The number of hydrogen-bond acceptors (Lipinski definition) is 6. The van der Waals surface area contributed by atoms with Gasteiger partial charge < -0.3 is 24.1 Å². The van der Waals surface area contributed by atoms with Crippen LogP contribution in [0.3, 0.4) is 0 Å². The minimum atomic E-state index is -1.78. The molecule has 0 spiro atoms. The standard InChI is InChI=1S/C35H36O6/c1-34(39-24-28-16-8-3-9-17-28)32(37)22-31(36)33(38-23-27-14-6-2-7-15-27)35(34,40-25-29-18-10-4-11-19-29)41-26-30-20-12-5-13-21-30/h2-21,31,33,36H,22-26H2,1H3/t31-,33-,34-/m0/s1. The van der Waals surface area contributed by atoms with Crippen LogP contribution in [-0.2, 0) is 50.2 Å². The quantitative estimate of drug-likeness (QED) is 0.217. The van der Waals surface area contributed by atoms with Crippen LogP contribution in [0.1, 0.15) is 35.6 Å². The number of ether oxygens (including phenoxy) is 4. The molecule has 1 fully saturated rings. The Morgan fingerprint density at radius 1 is 0.610 bits per heavy atom. The third-order valence-electron chi connectivity index (χ3n) is 7.55. The fourth-order valence-electron chi connectivity index (χ4n) is 5.19. The summed E-state index contributed by atoms with van der Waals surface area (Å²) >= 11 is 0. The molecule has 1 aliphatic rings. The second-order valence-corrected chi connectivity index (χ2v) is 10.4. The first kappa shape index (κ1) is 28.9. The fraction of sp³-hybridized carbons (Fsp3) is 0.286. The lowest BCUT2D eigenvalue weighted by molar-refractivity contribution is -0.384. The van der Waals surface area contributed by atoms with E-state index >= 15 is 0 Å². The number of aliphatic hydroxyl groups is 1. The molecule has 6 nitrogen and oxygen atoms in total. The van der Waals surface area contributed by atoms with Gasteiger partial charge in [-0.15, -0.1) is 0 Å². The van der Waals surface area contributed by atoms with Gasteiger partial charge in [0.1, 0.15) is 6.10 Å². The van der Waals surface area contributed by atoms with Crippen molar-refractivity contribution in [2.45, 2.75) is 63.4 Å². The molecule has 0 radical (unpaired) electrons. The Labute approximate surface area is 241 Å². The Kier molecular flexibility index (Phi) is 9.39. The topological polar surface area (TPSA) is 74.2 Å². The van der Waals surface area contributed by atoms with E-state index in [4.69, 9.17) is 18.9 Å². The molecule has 6 heteroatoms. The first-order chi connectivity index (χ1) is 20.0. The fourth-order valence-corrected chi connectivity index (χ4v) is 5.19. The van der Waals surface area contributed by atoms with E-state index in [0.29, 0.717) is 0 Å². The summed E-state index contributed by atoms with van der Waals surface area (Å²) in [4.78, 5) is 13.9. The summed E-state index contributed by atoms with van der Waals surface area (Å²) in [5.41, 5.74) is 1.98. The lowest BCUT2D eigenvalue weighted by Crippen LogP contribution is -2.73. The zero-order chi connectivity index (χ0) is 28.5. The van der Waals surface area contributed by atoms with Crippen LogP contribution in [-0.4, -0.2) is 34.5 Å². The molecule has 212 valence electrons. The van der Waals surface area contributed by atoms with Crippen molar-refractivity contribution in [1.82, 2.24) is 0 Å². The van der Waals surface area contributed by atoms with Crippen LogP contribution < -0.4 is 0 Å². The number of benzene rings is 4. The summed E-state index contributed by atoms with van der Waals surface area (Å²) < 4.78 is 26.3. The summed E-state index contributed by atoms with van der Waals surface area (Å²) in [7, 11) is 0. The van der Waals surface area contributed by atoms with Gasteiger partial charge in [0.2, 0.25) is 5.79 Å². The van der Waals surface area contributed by atoms with Gasteiger partial charge in [-0.1, -0.05) is 121 Å². The second kappa shape index (κ2) is 13.3. The molecule has 0 bridgehead atoms. The van der Waals surface area contributed by atoms with Crippen LogP contribution >= 0.6 is 0 Å². The van der Waals surface area contributed by atoms with Gasteiger partial charge in [-0.25, -0.2) is 0 Å². The molecule has 4 aromatic rings. The van der Waals surface area contributed by atoms with Crippen LogP contribution in [0.5, 0.6) is 0 Å². The van der Waals surface area contributed by atoms with Crippen molar-refractivity contribution in [2.24, 2.45) is 0 Å². The van der Waals surface area contributed by atoms with E-state index in [1.807, 2.05) is 121 Å². The molecule has 1 N–H and O–H groups in total. The minimum absolute atomic E-state index is 0.116. The van der Waals surface area contributed by atoms with Crippen LogP contribution in [0.2, 0.25) is 0 Å². The maximum atomic E-state index is 13.9. The number of hydrogen-bond donors (Lipinski definition) is 1. The first-order valence-electron chi connectivity index (χ1n) is 13.9. The lowest BCUT2D eigenvalue weighted by Gasteiger charge is -2.53. The Balaban J connectivity index is 1.56. The highest BCUT2D eigenvalue weighted by Crippen LogP contribution is 2.45. The van der Waals surface area contributed by atoms with E-state index in [0.717, 1.165) is 22.3 Å². The van der Waals surface area contributed by atoms with E-state index in [2.05, 4.69) is 0 Å². The van der Waals surface area contributed by atoms with Crippen LogP contribution in [0, 0.1) is 0 Å². The monoisotopic (exact) mass is 552 g/mol. The van der Waals surface area contributed by atoms with Gasteiger partial charge >= 0.3 is 0 Å². The van der Waals surface area contributed by atoms with Gasteiger partial charge in [0.25, 0.3) is 0 Å². The Morgan fingerprint density at radius 2 is 0.976 bits per heavy atom. The third kappa shape index (κ3) is 6.64. The number of carbonyl (C=O) groups is 1.